The van der Waals surface area contributed by atoms with Gasteiger partial charge in [0.05, 0.1) is 13.2 Å². The monoisotopic (exact) mass is 307 g/mol. The Morgan fingerprint density at radius 1 is 1.41 bits per heavy atom. The van der Waals surface area contributed by atoms with Crippen LogP contribution in [-0.2, 0) is 9.53 Å². The minimum atomic E-state index is -2.33. The van der Waals surface area contributed by atoms with Crippen molar-refractivity contribution in [1.29, 1.82) is 0 Å². The van der Waals surface area contributed by atoms with Crippen LogP contribution in [-0.4, -0.2) is 53.9 Å². The van der Waals surface area contributed by atoms with E-state index in [0.717, 1.165) is 18.6 Å². The zero-order valence-corrected chi connectivity index (χ0v) is 12.1. The number of halogens is 1. The molecule has 3 rings (SSSR count). The molecule has 2 atom stereocenters. The number of aliphatic carboxylic acids is 1. The average molecular weight is 307 g/mol. The van der Waals surface area contributed by atoms with E-state index >= 15 is 0 Å². The Labute approximate surface area is 127 Å². The highest BCUT2D eigenvalue weighted by atomic mass is 19.1. The maximum Gasteiger partial charge on any atom is 0.343 e. The molecule has 0 spiro atoms. The van der Waals surface area contributed by atoms with Crippen molar-refractivity contribution < 1.29 is 23.8 Å². The van der Waals surface area contributed by atoms with Gasteiger partial charge in [-0.15, -0.1) is 0 Å². The van der Waals surface area contributed by atoms with Crippen LogP contribution >= 0.6 is 0 Å². The summed E-state index contributed by atoms with van der Waals surface area (Å²) in [4.78, 5) is 24.7. The van der Waals surface area contributed by atoms with Gasteiger partial charge in [-0.1, -0.05) is 12.1 Å². The molecule has 0 aliphatic carbocycles. The van der Waals surface area contributed by atoms with Crippen molar-refractivity contribution >= 4 is 11.9 Å². The van der Waals surface area contributed by atoms with Crippen molar-refractivity contribution in [2.75, 3.05) is 26.3 Å². The number of carbonyl (C=O) groups excluding carboxylic acids is 1. The fourth-order valence-corrected chi connectivity index (χ4v) is 3.03. The van der Waals surface area contributed by atoms with Gasteiger partial charge in [0.25, 0.3) is 5.91 Å². The summed E-state index contributed by atoms with van der Waals surface area (Å²) in [5.41, 5.74) is -0.821. The van der Waals surface area contributed by atoms with E-state index in [0.29, 0.717) is 12.2 Å². The maximum atomic E-state index is 14.1. The third kappa shape index (κ3) is 2.70. The minimum absolute atomic E-state index is 0.123. The van der Waals surface area contributed by atoms with Gasteiger partial charge in [0.1, 0.15) is 0 Å². The van der Waals surface area contributed by atoms with E-state index in [4.69, 9.17) is 9.84 Å². The zero-order valence-electron chi connectivity index (χ0n) is 12.1. The van der Waals surface area contributed by atoms with Gasteiger partial charge in [-0.05, 0) is 24.1 Å². The van der Waals surface area contributed by atoms with Gasteiger partial charge in [0, 0.05) is 31.1 Å². The highest BCUT2D eigenvalue weighted by Crippen LogP contribution is 2.29. The van der Waals surface area contributed by atoms with Gasteiger partial charge in [0.15, 0.2) is 0 Å². The molecule has 2 saturated heterocycles. The number of alkyl halides is 1. The van der Waals surface area contributed by atoms with Crippen LogP contribution in [0.15, 0.2) is 24.3 Å². The van der Waals surface area contributed by atoms with Crippen molar-refractivity contribution in [3.8, 4) is 0 Å². The fourth-order valence-electron chi connectivity index (χ4n) is 3.03. The molecule has 1 aromatic carbocycles. The third-order valence-corrected chi connectivity index (χ3v) is 4.42. The topological polar surface area (TPSA) is 66.8 Å². The van der Waals surface area contributed by atoms with E-state index in [1.807, 2.05) is 6.07 Å². The second kappa shape index (κ2) is 5.68. The lowest BCUT2D eigenvalue weighted by Gasteiger charge is -2.18. The fraction of sp³-hybridized carbons (Fsp3) is 0.500. The Kier molecular flexibility index (Phi) is 3.87. The summed E-state index contributed by atoms with van der Waals surface area (Å²) < 4.78 is 19.4. The van der Waals surface area contributed by atoms with E-state index in [1.54, 1.807) is 18.2 Å². The summed E-state index contributed by atoms with van der Waals surface area (Å²) in [6.45, 7) is 1.10. The third-order valence-electron chi connectivity index (χ3n) is 4.42. The molecule has 22 heavy (non-hydrogen) atoms. The summed E-state index contributed by atoms with van der Waals surface area (Å²) >= 11 is 0. The molecule has 2 aliphatic rings. The predicted octanol–water partition coefficient (Wildman–Crippen LogP) is 1.83. The lowest BCUT2D eigenvalue weighted by Crippen LogP contribution is -2.38. The summed E-state index contributed by atoms with van der Waals surface area (Å²) in [5, 5.41) is 8.90. The van der Waals surface area contributed by atoms with Crippen LogP contribution < -0.4 is 0 Å². The predicted molar refractivity (Wildman–Crippen MR) is 76.6 cm³/mol. The number of ether oxygens (including phenoxy) is 1. The molecule has 0 saturated carbocycles. The number of amides is 1. The van der Waals surface area contributed by atoms with Crippen molar-refractivity contribution in [3.05, 3.63) is 35.4 Å². The number of hydrogen-bond donors (Lipinski definition) is 1. The first-order valence-electron chi connectivity index (χ1n) is 7.39. The van der Waals surface area contributed by atoms with Gasteiger partial charge in [-0.25, -0.2) is 9.18 Å². The SMILES string of the molecule is O=C(c1cccc([C@@H]2CCOC2)c1)N1CC[C@](F)(C(=O)O)C1. The van der Waals surface area contributed by atoms with Gasteiger partial charge < -0.3 is 14.7 Å². The molecule has 6 heteroatoms. The number of rotatable bonds is 3. The van der Waals surface area contributed by atoms with Crippen LogP contribution in [0.1, 0.15) is 34.7 Å². The van der Waals surface area contributed by atoms with Crippen LogP contribution in [0.2, 0.25) is 0 Å². The standard InChI is InChI=1S/C16H18FNO4/c17-16(15(20)21)5-6-18(10-16)14(19)12-3-1-2-11(8-12)13-4-7-22-9-13/h1-3,8,13H,4-7,9-10H2,(H,20,21)/t13-,16-/m1/s1. The molecule has 0 aromatic heterocycles. The first kappa shape index (κ1) is 15.0. The molecule has 118 valence electrons. The summed E-state index contributed by atoms with van der Waals surface area (Å²) in [7, 11) is 0. The largest absolute Gasteiger partial charge is 0.479 e. The molecule has 0 bridgehead atoms. The number of carbonyl (C=O) groups is 2. The molecule has 0 unspecified atom stereocenters. The van der Waals surface area contributed by atoms with Crippen LogP contribution in [0, 0.1) is 0 Å². The molecule has 1 N–H and O–H groups in total. The number of carboxylic acids is 1. The number of carboxylic acid groups (broad SMARTS) is 1. The number of likely N-dealkylation sites (tertiary alicyclic amines) is 1. The first-order chi connectivity index (χ1) is 10.5. The molecule has 1 amide bonds. The maximum absolute atomic E-state index is 14.1. The van der Waals surface area contributed by atoms with E-state index in [-0.39, 0.29) is 24.8 Å². The Bertz CT molecular complexity index is 600. The Morgan fingerprint density at radius 3 is 2.86 bits per heavy atom. The van der Waals surface area contributed by atoms with Crippen molar-refractivity contribution in [2.24, 2.45) is 0 Å². The Hall–Kier alpha value is -1.95. The minimum Gasteiger partial charge on any atom is -0.479 e. The summed E-state index contributed by atoms with van der Waals surface area (Å²) in [6.07, 6.45) is 0.762. The first-order valence-corrected chi connectivity index (χ1v) is 7.39. The zero-order chi connectivity index (χ0) is 15.7. The lowest BCUT2D eigenvalue weighted by molar-refractivity contribution is -0.149. The highest BCUT2D eigenvalue weighted by Gasteiger charge is 2.47. The van der Waals surface area contributed by atoms with Crippen molar-refractivity contribution in [2.45, 2.75) is 24.4 Å². The molecule has 5 nitrogen and oxygen atoms in total. The number of hydrogen-bond acceptors (Lipinski definition) is 3. The van der Waals surface area contributed by atoms with Gasteiger partial charge in [-0.2, -0.15) is 0 Å². The molecule has 1 aromatic rings. The smallest absolute Gasteiger partial charge is 0.343 e. The summed E-state index contributed by atoms with van der Waals surface area (Å²) in [6, 6.07) is 7.25. The lowest BCUT2D eigenvalue weighted by atomic mass is 9.96. The van der Waals surface area contributed by atoms with Gasteiger partial charge in [-0.3, -0.25) is 4.79 Å². The van der Waals surface area contributed by atoms with Crippen molar-refractivity contribution in [1.82, 2.24) is 4.90 Å². The quantitative estimate of drug-likeness (QED) is 0.925. The molecular formula is C16H18FNO4. The number of nitrogens with zero attached hydrogens (tertiary/aromatic N) is 1. The second-order valence-corrected chi connectivity index (χ2v) is 5.93. The van der Waals surface area contributed by atoms with E-state index in [9.17, 15) is 14.0 Å². The van der Waals surface area contributed by atoms with Crippen molar-refractivity contribution in [3.63, 3.8) is 0 Å². The van der Waals surface area contributed by atoms with Crippen LogP contribution in [0.3, 0.4) is 0 Å². The molecule has 2 aliphatic heterocycles. The molecule has 2 heterocycles. The van der Waals surface area contributed by atoms with Gasteiger partial charge >= 0.3 is 5.97 Å². The second-order valence-electron chi connectivity index (χ2n) is 5.93. The van der Waals surface area contributed by atoms with Crippen LogP contribution in [0.5, 0.6) is 0 Å². The Morgan fingerprint density at radius 2 is 2.23 bits per heavy atom. The molecule has 0 radical (unpaired) electrons. The summed E-state index contributed by atoms with van der Waals surface area (Å²) in [5.74, 6) is -1.54. The van der Waals surface area contributed by atoms with E-state index < -0.39 is 18.2 Å². The normalized spacial score (nSPS) is 28.0. The van der Waals surface area contributed by atoms with Crippen LogP contribution in [0.4, 0.5) is 4.39 Å². The Balaban J connectivity index is 1.75. The van der Waals surface area contributed by atoms with Crippen LogP contribution in [0.25, 0.3) is 0 Å². The molecular weight excluding hydrogens is 289 g/mol. The highest BCUT2D eigenvalue weighted by molar-refractivity contribution is 5.95. The average Bonchev–Trinajstić information content (AvgIpc) is 3.17. The number of benzene rings is 1. The van der Waals surface area contributed by atoms with E-state index in [1.165, 1.54) is 4.90 Å². The molecule has 2 fully saturated rings. The van der Waals surface area contributed by atoms with Gasteiger partial charge in [0.2, 0.25) is 5.67 Å². The van der Waals surface area contributed by atoms with E-state index in [2.05, 4.69) is 0 Å².